The van der Waals surface area contributed by atoms with Crippen LogP contribution in [0.2, 0.25) is 5.02 Å². The van der Waals surface area contributed by atoms with Crippen LogP contribution in [0.25, 0.3) is 0 Å². The highest BCUT2D eigenvalue weighted by Crippen LogP contribution is 2.25. The lowest BCUT2D eigenvalue weighted by molar-refractivity contribution is -0.126. The Labute approximate surface area is 78.9 Å². The number of benzene rings is 1. The van der Waals surface area contributed by atoms with Crippen molar-refractivity contribution in [1.82, 2.24) is 0 Å². The fraction of sp³-hybridized carbons (Fsp3) is 0.125. The van der Waals surface area contributed by atoms with Gasteiger partial charge in [0.05, 0.1) is 0 Å². The monoisotopic (exact) mass is 203 g/mol. The maximum Gasteiger partial charge on any atom is 0.251 e. The summed E-state index contributed by atoms with van der Waals surface area (Å²) in [5, 5.41) is 9.14. The second kappa shape index (κ2) is 3.72. The maximum atomic E-state index is 13.0. The summed E-state index contributed by atoms with van der Waals surface area (Å²) in [4.78, 5) is 10.6. The minimum Gasteiger partial charge on any atom is -0.378 e. The minimum absolute atomic E-state index is 0.0219. The maximum absolute atomic E-state index is 13.0. The first-order chi connectivity index (χ1) is 6.04. The molecule has 1 aromatic carbocycles. The van der Waals surface area contributed by atoms with Gasteiger partial charge in [-0.1, -0.05) is 17.7 Å². The molecule has 3 N–H and O–H groups in total. The summed E-state index contributed by atoms with van der Waals surface area (Å²) in [6, 6.07) is 3.83. The van der Waals surface area contributed by atoms with Gasteiger partial charge >= 0.3 is 0 Å². The predicted molar refractivity (Wildman–Crippen MR) is 45.6 cm³/mol. The van der Waals surface area contributed by atoms with Crippen molar-refractivity contribution < 1.29 is 14.3 Å². The molecular weight excluding hydrogens is 197 g/mol. The van der Waals surface area contributed by atoms with Gasteiger partial charge in [-0.2, -0.15) is 0 Å². The van der Waals surface area contributed by atoms with Crippen molar-refractivity contribution in [2.75, 3.05) is 0 Å². The Kier molecular flexibility index (Phi) is 2.85. The lowest BCUT2D eigenvalue weighted by Gasteiger charge is -2.09. The van der Waals surface area contributed by atoms with E-state index in [4.69, 9.17) is 22.4 Å². The van der Waals surface area contributed by atoms with Crippen LogP contribution in [0.15, 0.2) is 18.2 Å². The van der Waals surface area contributed by atoms with Gasteiger partial charge in [0.2, 0.25) is 0 Å². The largest absolute Gasteiger partial charge is 0.378 e. The van der Waals surface area contributed by atoms with Crippen LogP contribution in [0, 0.1) is 5.82 Å². The summed E-state index contributed by atoms with van der Waals surface area (Å²) >= 11 is 5.56. The normalized spacial score (nSPS) is 12.5. The molecule has 0 bridgehead atoms. The Morgan fingerprint density at radius 3 is 2.69 bits per heavy atom. The van der Waals surface area contributed by atoms with Crippen LogP contribution >= 0.6 is 11.6 Å². The molecule has 0 aromatic heterocycles. The molecule has 0 saturated heterocycles. The van der Waals surface area contributed by atoms with Crippen molar-refractivity contribution in [3.63, 3.8) is 0 Å². The molecule has 0 saturated carbocycles. The smallest absolute Gasteiger partial charge is 0.251 e. The molecule has 1 amide bonds. The van der Waals surface area contributed by atoms with E-state index in [1.165, 1.54) is 12.1 Å². The number of nitrogens with two attached hydrogens (primary N) is 1. The number of amides is 1. The van der Waals surface area contributed by atoms with Crippen LogP contribution in [0.3, 0.4) is 0 Å². The number of carbonyl (C=O) groups is 1. The molecule has 1 atom stereocenters. The number of halogens is 2. The highest BCUT2D eigenvalue weighted by atomic mass is 35.5. The second-order valence-corrected chi connectivity index (χ2v) is 2.85. The first-order valence-electron chi connectivity index (χ1n) is 3.45. The molecule has 0 radical (unpaired) electrons. The van der Waals surface area contributed by atoms with Gasteiger partial charge in [0, 0.05) is 10.6 Å². The molecule has 0 spiro atoms. The Morgan fingerprint density at radius 2 is 2.23 bits per heavy atom. The average Bonchev–Trinajstić information content (AvgIpc) is 2.03. The molecule has 0 aliphatic heterocycles. The first kappa shape index (κ1) is 9.95. The van der Waals surface area contributed by atoms with Gasteiger partial charge < -0.3 is 10.8 Å². The highest BCUT2D eigenvalue weighted by molar-refractivity contribution is 6.31. The lowest BCUT2D eigenvalue weighted by atomic mass is 10.1. The molecule has 0 aliphatic carbocycles. The third-order valence-corrected chi connectivity index (χ3v) is 1.87. The standard InChI is InChI=1S/C8H7ClFNO2/c9-4-2-1-3-5(10)6(4)7(12)8(11)13/h1-3,7,12H,(H2,11,13)/t7-/m0/s1. The van der Waals surface area contributed by atoms with Crippen molar-refractivity contribution in [2.24, 2.45) is 5.73 Å². The molecule has 1 rings (SSSR count). The highest BCUT2D eigenvalue weighted by Gasteiger charge is 2.20. The molecule has 70 valence electrons. The number of hydrogen-bond donors (Lipinski definition) is 2. The summed E-state index contributed by atoms with van der Waals surface area (Å²) in [5.74, 6) is -1.79. The molecule has 13 heavy (non-hydrogen) atoms. The molecule has 0 fully saturated rings. The van der Waals surface area contributed by atoms with E-state index in [1.807, 2.05) is 0 Å². The summed E-state index contributed by atoms with van der Waals surface area (Å²) in [6.07, 6.45) is -1.70. The van der Waals surface area contributed by atoms with E-state index in [0.717, 1.165) is 6.07 Å². The number of carbonyl (C=O) groups excluding carboxylic acids is 1. The van der Waals surface area contributed by atoms with Crippen molar-refractivity contribution in [2.45, 2.75) is 6.10 Å². The third-order valence-electron chi connectivity index (χ3n) is 1.54. The Morgan fingerprint density at radius 1 is 1.62 bits per heavy atom. The summed E-state index contributed by atoms with van der Waals surface area (Å²) in [5.41, 5.74) is 4.51. The molecule has 0 heterocycles. The minimum atomic E-state index is -1.70. The topological polar surface area (TPSA) is 63.3 Å². The number of hydrogen-bond acceptors (Lipinski definition) is 2. The molecule has 5 heteroatoms. The van der Waals surface area contributed by atoms with E-state index in [1.54, 1.807) is 0 Å². The van der Waals surface area contributed by atoms with E-state index in [9.17, 15) is 9.18 Å². The Balaban J connectivity index is 3.20. The number of rotatable bonds is 2. The van der Waals surface area contributed by atoms with Crippen LogP contribution in [0.1, 0.15) is 11.7 Å². The fourth-order valence-corrected chi connectivity index (χ4v) is 1.18. The van der Waals surface area contributed by atoms with Gasteiger partial charge in [-0.05, 0) is 12.1 Å². The van der Waals surface area contributed by atoms with Gasteiger partial charge in [0.25, 0.3) is 5.91 Å². The summed E-state index contributed by atoms with van der Waals surface area (Å²) in [7, 11) is 0. The second-order valence-electron chi connectivity index (χ2n) is 2.44. The lowest BCUT2D eigenvalue weighted by Crippen LogP contribution is -2.22. The first-order valence-corrected chi connectivity index (χ1v) is 3.83. The summed E-state index contributed by atoms with van der Waals surface area (Å²) < 4.78 is 13.0. The van der Waals surface area contributed by atoms with Crippen molar-refractivity contribution in [3.8, 4) is 0 Å². The third kappa shape index (κ3) is 1.96. The van der Waals surface area contributed by atoms with Gasteiger partial charge in [-0.15, -0.1) is 0 Å². The van der Waals surface area contributed by atoms with E-state index in [-0.39, 0.29) is 10.6 Å². The van der Waals surface area contributed by atoms with Crippen LogP contribution in [-0.4, -0.2) is 11.0 Å². The van der Waals surface area contributed by atoms with Gasteiger partial charge in [0.15, 0.2) is 6.10 Å². The van der Waals surface area contributed by atoms with Gasteiger partial charge in [0.1, 0.15) is 5.82 Å². The zero-order valence-electron chi connectivity index (χ0n) is 6.50. The van der Waals surface area contributed by atoms with Crippen LogP contribution in [0.5, 0.6) is 0 Å². The van der Waals surface area contributed by atoms with E-state index >= 15 is 0 Å². The van der Waals surface area contributed by atoms with E-state index in [2.05, 4.69) is 0 Å². The molecule has 3 nitrogen and oxygen atoms in total. The van der Waals surface area contributed by atoms with Crippen molar-refractivity contribution >= 4 is 17.5 Å². The zero-order chi connectivity index (χ0) is 10.0. The Bertz CT molecular complexity index is 323. The van der Waals surface area contributed by atoms with E-state index < -0.39 is 17.8 Å². The summed E-state index contributed by atoms with van der Waals surface area (Å²) in [6.45, 7) is 0. The van der Waals surface area contributed by atoms with Gasteiger partial charge in [-0.25, -0.2) is 4.39 Å². The van der Waals surface area contributed by atoms with Crippen LogP contribution in [-0.2, 0) is 4.79 Å². The number of aliphatic hydroxyl groups is 1. The molecule has 0 aliphatic rings. The van der Waals surface area contributed by atoms with E-state index in [0.29, 0.717) is 0 Å². The van der Waals surface area contributed by atoms with Crippen molar-refractivity contribution in [1.29, 1.82) is 0 Å². The molecule has 1 aromatic rings. The van der Waals surface area contributed by atoms with Crippen LogP contribution in [0.4, 0.5) is 4.39 Å². The molecule has 0 unspecified atom stereocenters. The number of primary amides is 1. The Hall–Kier alpha value is -1.13. The van der Waals surface area contributed by atoms with Crippen LogP contribution < -0.4 is 5.73 Å². The van der Waals surface area contributed by atoms with Crippen molar-refractivity contribution in [3.05, 3.63) is 34.6 Å². The fourth-order valence-electron chi connectivity index (χ4n) is 0.914. The predicted octanol–water partition coefficient (Wildman–Crippen LogP) is 0.998. The quantitative estimate of drug-likeness (QED) is 0.753. The SMILES string of the molecule is NC(=O)[C@@H](O)c1c(F)cccc1Cl. The average molecular weight is 204 g/mol. The molecular formula is C8H7ClFNO2. The zero-order valence-corrected chi connectivity index (χ0v) is 7.25. The number of aliphatic hydroxyl groups excluding tert-OH is 1. The van der Waals surface area contributed by atoms with Gasteiger partial charge in [-0.3, -0.25) is 4.79 Å².